The lowest BCUT2D eigenvalue weighted by Gasteiger charge is -2.35. The van der Waals surface area contributed by atoms with E-state index in [2.05, 4.69) is 20.2 Å². The van der Waals surface area contributed by atoms with Crippen LogP contribution >= 0.6 is 11.6 Å². The standard InChI is InChI=1S/C18H23ClN6O/c1-13-20-16(23(2)3)12-17(21-13)24-8-10-25(11-9-24)18(26)22-15-6-4-14(19)5-7-15/h4-7,12H,8-11H2,1-3H3,(H,22,26). The normalized spacial score (nSPS) is 14.3. The van der Waals surface area contributed by atoms with E-state index in [4.69, 9.17) is 11.6 Å². The van der Waals surface area contributed by atoms with Gasteiger partial charge in [0, 0.05) is 57.1 Å². The van der Waals surface area contributed by atoms with Crippen LogP contribution in [0.4, 0.5) is 22.1 Å². The molecule has 2 amide bonds. The van der Waals surface area contributed by atoms with Crippen LogP contribution in [-0.4, -0.2) is 61.2 Å². The molecule has 1 aromatic carbocycles. The topological polar surface area (TPSA) is 64.6 Å². The quantitative estimate of drug-likeness (QED) is 0.894. The monoisotopic (exact) mass is 374 g/mol. The van der Waals surface area contributed by atoms with Crippen molar-refractivity contribution < 1.29 is 4.79 Å². The van der Waals surface area contributed by atoms with Crippen molar-refractivity contribution in [1.29, 1.82) is 0 Å². The number of rotatable bonds is 3. The summed E-state index contributed by atoms with van der Waals surface area (Å²) in [4.78, 5) is 27.4. The number of nitrogens with one attached hydrogen (secondary N) is 1. The minimum Gasteiger partial charge on any atom is -0.363 e. The minimum atomic E-state index is -0.0974. The van der Waals surface area contributed by atoms with Crippen molar-refractivity contribution in [3.05, 3.63) is 41.2 Å². The first-order valence-corrected chi connectivity index (χ1v) is 8.89. The molecule has 26 heavy (non-hydrogen) atoms. The van der Waals surface area contributed by atoms with Gasteiger partial charge < -0.3 is 20.0 Å². The molecule has 0 spiro atoms. The first-order valence-electron chi connectivity index (χ1n) is 8.52. The lowest BCUT2D eigenvalue weighted by Crippen LogP contribution is -2.50. The van der Waals surface area contributed by atoms with E-state index < -0.39 is 0 Å². The number of carbonyl (C=O) groups excluding carboxylic acids is 1. The van der Waals surface area contributed by atoms with Gasteiger partial charge in [0.25, 0.3) is 0 Å². The third-order valence-electron chi connectivity index (χ3n) is 4.26. The number of aryl methyl sites for hydroxylation is 1. The van der Waals surface area contributed by atoms with E-state index in [1.165, 1.54) is 0 Å². The number of halogens is 1. The summed E-state index contributed by atoms with van der Waals surface area (Å²) in [6.07, 6.45) is 0. The van der Waals surface area contributed by atoms with Crippen LogP contribution in [0.2, 0.25) is 5.02 Å². The van der Waals surface area contributed by atoms with Gasteiger partial charge in [-0.15, -0.1) is 0 Å². The number of amides is 2. The van der Waals surface area contributed by atoms with E-state index >= 15 is 0 Å². The van der Waals surface area contributed by atoms with Gasteiger partial charge in [-0.25, -0.2) is 14.8 Å². The third kappa shape index (κ3) is 4.35. The van der Waals surface area contributed by atoms with E-state index in [0.29, 0.717) is 18.1 Å². The highest BCUT2D eigenvalue weighted by Crippen LogP contribution is 2.20. The van der Waals surface area contributed by atoms with Gasteiger partial charge in [0.2, 0.25) is 0 Å². The van der Waals surface area contributed by atoms with Gasteiger partial charge in [0.1, 0.15) is 17.5 Å². The Labute approximate surface area is 158 Å². The van der Waals surface area contributed by atoms with Crippen molar-refractivity contribution in [3.8, 4) is 0 Å². The lowest BCUT2D eigenvalue weighted by atomic mass is 10.3. The molecule has 8 heteroatoms. The van der Waals surface area contributed by atoms with E-state index in [0.717, 1.165) is 36.2 Å². The summed E-state index contributed by atoms with van der Waals surface area (Å²) in [5.41, 5.74) is 0.740. The Kier molecular flexibility index (Phi) is 5.46. The molecule has 1 N–H and O–H groups in total. The molecular weight excluding hydrogens is 352 g/mol. The predicted octanol–water partition coefficient (Wildman–Crippen LogP) is 2.86. The van der Waals surface area contributed by atoms with E-state index in [1.807, 2.05) is 36.9 Å². The number of hydrogen-bond donors (Lipinski definition) is 1. The molecule has 138 valence electrons. The molecule has 1 fully saturated rings. The summed E-state index contributed by atoms with van der Waals surface area (Å²) in [7, 11) is 3.93. The summed E-state index contributed by atoms with van der Waals surface area (Å²) in [6, 6.07) is 8.99. The second kappa shape index (κ2) is 7.78. The molecule has 0 radical (unpaired) electrons. The fourth-order valence-electron chi connectivity index (χ4n) is 2.80. The molecule has 0 atom stereocenters. The maximum Gasteiger partial charge on any atom is 0.321 e. The zero-order valence-corrected chi connectivity index (χ0v) is 16.0. The lowest BCUT2D eigenvalue weighted by molar-refractivity contribution is 0.208. The third-order valence-corrected chi connectivity index (χ3v) is 4.51. The zero-order valence-electron chi connectivity index (χ0n) is 15.2. The molecular formula is C18H23ClN6O. The van der Waals surface area contributed by atoms with E-state index in [9.17, 15) is 4.79 Å². The largest absolute Gasteiger partial charge is 0.363 e. The Morgan fingerprint density at radius 2 is 1.77 bits per heavy atom. The van der Waals surface area contributed by atoms with E-state index in [-0.39, 0.29) is 6.03 Å². The van der Waals surface area contributed by atoms with Crippen LogP contribution < -0.4 is 15.1 Å². The highest BCUT2D eigenvalue weighted by molar-refractivity contribution is 6.30. The Balaban J connectivity index is 1.60. The molecule has 1 aromatic heterocycles. The molecule has 0 aliphatic carbocycles. The highest BCUT2D eigenvalue weighted by Gasteiger charge is 2.22. The first-order chi connectivity index (χ1) is 12.4. The number of carbonyl (C=O) groups is 1. The molecule has 2 aromatic rings. The molecule has 0 unspecified atom stereocenters. The predicted molar refractivity (Wildman–Crippen MR) is 105 cm³/mol. The van der Waals surface area contributed by atoms with Gasteiger partial charge in [0.05, 0.1) is 0 Å². The summed E-state index contributed by atoms with van der Waals surface area (Å²) in [5, 5.41) is 3.55. The molecule has 0 bridgehead atoms. The van der Waals surface area contributed by atoms with Gasteiger partial charge in [-0.3, -0.25) is 0 Å². The number of nitrogens with zero attached hydrogens (tertiary/aromatic N) is 5. The molecule has 3 rings (SSSR count). The van der Waals surface area contributed by atoms with Gasteiger partial charge in [-0.2, -0.15) is 0 Å². The van der Waals surface area contributed by atoms with Crippen molar-refractivity contribution in [3.63, 3.8) is 0 Å². The molecule has 1 aliphatic heterocycles. The van der Waals surface area contributed by atoms with Crippen LogP contribution in [0.5, 0.6) is 0 Å². The first kappa shape index (κ1) is 18.3. The number of aromatic nitrogens is 2. The van der Waals surface area contributed by atoms with Crippen molar-refractivity contribution in [2.75, 3.05) is 55.4 Å². The van der Waals surface area contributed by atoms with Crippen LogP contribution in [0, 0.1) is 6.92 Å². The fraction of sp³-hybridized carbons (Fsp3) is 0.389. The van der Waals surface area contributed by atoms with Crippen molar-refractivity contribution >= 4 is 35.0 Å². The summed E-state index contributed by atoms with van der Waals surface area (Å²) in [5.74, 6) is 2.53. The number of hydrogen-bond acceptors (Lipinski definition) is 5. The van der Waals surface area contributed by atoms with Crippen LogP contribution in [0.25, 0.3) is 0 Å². The molecule has 0 saturated carbocycles. The van der Waals surface area contributed by atoms with Gasteiger partial charge >= 0.3 is 6.03 Å². The number of piperazine rings is 1. The average Bonchev–Trinajstić information content (AvgIpc) is 2.63. The second-order valence-corrected chi connectivity index (χ2v) is 6.87. The minimum absolute atomic E-state index is 0.0974. The Morgan fingerprint density at radius 1 is 1.12 bits per heavy atom. The van der Waals surface area contributed by atoms with Crippen LogP contribution in [0.1, 0.15) is 5.82 Å². The number of anilines is 3. The Bertz CT molecular complexity index is 772. The van der Waals surface area contributed by atoms with Gasteiger partial charge in [0.15, 0.2) is 0 Å². The smallest absolute Gasteiger partial charge is 0.321 e. The van der Waals surface area contributed by atoms with Crippen molar-refractivity contribution in [2.45, 2.75) is 6.92 Å². The van der Waals surface area contributed by atoms with Crippen molar-refractivity contribution in [2.24, 2.45) is 0 Å². The van der Waals surface area contributed by atoms with Crippen molar-refractivity contribution in [1.82, 2.24) is 14.9 Å². The molecule has 1 aliphatic rings. The fourth-order valence-corrected chi connectivity index (χ4v) is 2.93. The summed E-state index contributed by atoms with van der Waals surface area (Å²) in [6.45, 7) is 4.64. The van der Waals surface area contributed by atoms with Crippen LogP contribution in [0.15, 0.2) is 30.3 Å². The van der Waals surface area contributed by atoms with Crippen LogP contribution in [0.3, 0.4) is 0 Å². The number of benzene rings is 1. The maximum absolute atomic E-state index is 12.4. The number of urea groups is 1. The Morgan fingerprint density at radius 3 is 2.38 bits per heavy atom. The second-order valence-electron chi connectivity index (χ2n) is 6.44. The highest BCUT2D eigenvalue weighted by atomic mass is 35.5. The van der Waals surface area contributed by atoms with Gasteiger partial charge in [-0.05, 0) is 31.2 Å². The molecule has 1 saturated heterocycles. The maximum atomic E-state index is 12.4. The molecule has 2 heterocycles. The van der Waals surface area contributed by atoms with Gasteiger partial charge in [-0.1, -0.05) is 11.6 Å². The zero-order chi connectivity index (χ0) is 18.7. The summed E-state index contributed by atoms with van der Waals surface area (Å²) >= 11 is 5.87. The average molecular weight is 375 g/mol. The SMILES string of the molecule is Cc1nc(N(C)C)cc(N2CCN(C(=O)Nc3ccc(Cl)cc3)CC2)n1. The molecule has 7 nitrogen and oxygen atoms in total. The summed E-state index contributed by atoms with van der Waals surface area (Å²) < 4.78 is 0. The Hall–Kier alpha value is -2.54. The van der Waals surface area contributed by atoms with E-state index in [1.54, 1.807) is 24.3 Å². The van der Waals surface area contributed by atoms with Crippen LogP contribution in [-0.2, 0) is 0 Å².